The molecule has 0 aliphatic carbocycles. The fourth-order valence-electron chi connectivity index (χ4n) is 3.44. The number of rotatable bonds is 41. The van der Waals surface area contributed by atoms with Crippen LogP contribution in [0.4, 0.5) is 0 Å². The molecular weight excluding hydrogens is 608 g/mol. The summed E-state index contributed by atoms with van der Waals surface area (Å²) in [7, 11) is 1.32. The normalized spacial score (nSPS) is 11.4. The Morgan fingerprint density at radius 1 is 0.326 bits per heavy atom. The number of hydrogen-bond acceptors (Lipinski definition) is 14. The van der Waals surface area contributed by atoms with E-state index in [-0.39, 0.29) is 6.61 Å². The van der Waals surface area contributed by atoms with Crippen molar-refractivity contribution in [3.63, 3.8) is 0 Å². The lowest BCUT2D eigenvalue weighted by Crippen LogP contribution is -2.16. The van der Waals surface area contributed by atoms with Crippen LogP contribution in [-0.4, -0.2) is 172 Å². The lowest BCUT2D eigenvalue weighted by Gasteiger charge is -2.09. The van der Waals surface area contributed by atoms with Crippen LogP contribution in [0.3, 0.4) is 0 Å². The molecule has 0 unspecified atom stereocenters. The average molecular weight is 673 g/mol. The summed E-state index contributed by atoms with van der Waals surface area (Å²) in [6, 6.07) is 0. The molecule has 0 aliphatic heterocycles. The van der Waals surface area contributed by atoms with E-state index in [1.165, 1.54) is 32.8 Å². The zero-order valence-corrected chi connectivity index (χ0v) is 28.7. The van der Waals surface area contributed by atoms with Gasteiger partial charge in [-0.2, -0.15) is 0 Å². The minimum atomic E-state index is -0.406. The second kappa shape index (κ2) is 42.0. The van der Waals surface area contributed by atoms with Crippen LogP contribution in [0.15, 0.2) is 0 Å². The summed E-state index contributed by atoms with van der Waals surface area (Å²) in [6.45, 7) is 14.0. The topological polar surface area (TPSA) is 137 Å². The Bertz CT molecular complexity index is 573. The summed E-state index contributed by atoms with van der Waals surface area (Å²) in [6.07, 6.45) is 6.26. The van der Waals surface area contributed by atoms with Gasteiger partial charge in [-0.1, -0.05) is 32.6 Å². The highest BCUT2D eigenvalue weighted by Gasteiger charge is 1.99. The lowest BCUT2D eigenvalue weighted by atomic mass is 10.2. The molecule has 276 valence electrons. The van der Waals surface area contributed by atoms with Crippen LogP contribution in [0.2, 0.25) is 0 Å². The number of carbonyl (C=O) groups is 1. The van der Waals surface area contributed by atoms with Crippen molar-refractivity contribution in [2.24, 2.45) is 0 Å². The van der Waals surface area contributed by atoms with Crippen LogP contribution in [0.1, 0.15) is 39.0 Å². The van der Waals surface area contributed by atoms with Crippen molar-refractivity contribution in [1.82, 2.24) is 0 Å². The van der Waals surface area contributed by atoms with Crippen LogP contribution < -0.4 is 0 Å². The number of esters is 1. The molecule has 0 spiro atoms. The Hall–Kier alpha value is -1.01. The molecule has 0 radical (unpaired) electrons. The average Bonchev–Trinajstić information content (AvgIpc) is 3.07. The molecule has 0 saturated carbocycles. The van der Waals surface area contributed by atoms with Crippen molar-refractivity contribution < 1.29 is 66.4 Å². The fraction of sp³-hybridized carbons (Fsp3) is 0.969. The Labute approximate surface area is 277 Å². The van der Waals surface area contributed by atoms with Gasteiger partial charge in [-0.05, 0) is 6.42 Å². The first-order valence-electron chi connectivity index (χ1n) is 16.8. The molecule has 14 nitrogen and oxygen atoms in total. The molecule has 0 atom stereocenters. The number of hydrogen-bond donors (Lipinski definition) is 0. The van der Waals surface area contributed by atoms with Gasteiger partial charge in [0, 0.05) is 6.61 Å². The highest BCUT2D eigenvalue weighted by molar-refractivity contribution is 5.70. The monoisotopic (exact) mass is 672 g/mol. The third kappa shape index (κ3) is 41.0. The van der Waals surface area contributed by atoms with Crippen LogP contribution in [-0.2, 0) is 66.4 Å². The second-order valence-corrected chi connectivity index (χ2v) is 9.78. The number of unbranched alkanes of at least 4 members (excludes halogenated alkanes) is 4. The quantitative estimate of drug-likeness (QED) is 0.0694. The van der Waals surface area contributed by atoms with Gasteiger partial charge in [0.25, 0.3) is 0 Å². The van der Waals surface area contributed by atoms with Crippen molar-refractivity contribution in [3.05, 3.63) is 0 Å². The molecule has 0 bridgehead atoms. The summed E-state index contributed by atoms with van der Waals surface area (Å²) in [5.41, 5.74) is 0. The molecule has 0 fully saturated rings. The number of ether oxygens (including phenoxy) is 13. The van der Waals surface area contributed by atoms with E-state index in [0.29, 0.717) is 145 Å². The van der Waals surface area contributed by atoms with Crippen LogP contribution in [0.25, 0.3) is 0 Å². The Kier molecular flexibility index (Phi) is 41.1. The molecule has 0 amide bonds. The van der Waals surface area contributed by atoms with Crippen molar-refractivity contribution >= 4 is 5.97 Å². The molecule has 14 heteroatoms. The predicted molar refractivity (Wildman–Crippen MR) is 171 cm³/mol. The first kappa shape index (κ1) is 45.0. The van der Waals surface area contributed by atoms with Crippen LogP contribution >= 0.6 is 0 Å². The van der Waals surface area contributed by atoms with E-state index in [1.54, 1.807) is 0 Å². The third-order valence-electron chi connectivity index (χ3n) is 5.93. The zero-order valence-electron chi connectivity index (χ0n) is 28.7. The lowest BCUT2D eigenvalue weighted by molar-refractivity contribution is -0.146. The molecule has 0 saturated heterocycles. The Balaban J connectivity index is 3.05. The molecular formula is C32H64O14. The summed E-state index contributed by atoms with van der Waals surface area (Å²) in [5.74, 6) is -0.406. The highest BCUT2D eigenvalue weighted by Crippen LogP contribution is 2.02. The van der Waals surface area contributed by atoms with E-state index < -0.39 is 5.97 Å². The summed E-state index contributed by atoms with van der Waals surface area (Å²) >= 11 is 0. The SMILES string of the molecule is CCCCCCCOCCOCCOCCOCCOCCOCCOCCOCCOCCOCCOCCOCC(=O)OC. The van der Waals surface area contributed by atoms with E-state index in [0.717, 1.165) is 13.0 Å². The molecule has 0 rings (SSSR count). The highest BCUT2D eigenvalue weighted by atomic mass is 16.6. The van der Waals surface area contributed by atoms with Crippen LogP contribution in [0, 0.1) is 0 Å². The smallest absolute Gasteiger partial charge is 0.331 e. The molecule has 0 aliphatic rings. The van der Waals surface area contributed by atoms with Crippen molar-refractivity contribution in [2.75, 3.05) is 166 Å². The maximum absolute atomic E-state index is 10.9. The van der Waals surface area contributed by atoms with E-state index in [1.807, 2.05) is 0 Å². The molecule has 0 aromatic heterocycles. The minimum Gasteiger partial charge on any atom is -0.467 e. The standard InChI is InChI=1S/C32H64O14/c1-3-4-5-6-7-8-35-9-10-36-11-12-37-13-14-38-15-16-39-17-18-40-19-20-41-21-22-42-23-24-43-25-26-44-27-28-45-29-30-46-31-32(33)34-2/h3-31H2,1-2H3. The predicted octanol–water partition coefficient (Wildman–Crippen LogP) is 2.33. The van der Waals surface area contributed by atoms with Gasteiger partial charge >= 0.3 is 5.97 Å². The second-order valence-electron chi connectivity index (χ2n) is 9.78. The van der Waals surface area contributed by atoms with Crippen molar-refractivity contribution in [1.29, 1.82) is 0 Å². The fourth-order valence-corrected chi connectivity index (χ4v) is 3.44. The minimum absolute atomic E-state index is 0.0691. The molecule has 0 aromatic carbocycles. The van der Waals surface area contributed by atoms with Gasteiger partial charge in [-0.3, -0.25) is 0 Å². The van der Waals surface area contributed by atoms with Gasteiger partial charge in [-0.15, -0.1) is 0 Å². The summed E-state index contributed by atoms with van der Waals surface area (Å²) in [5, 5.41) is 0. The maximum atomic E-state index is 10.9. The van der Waals surface area contributed by atoms with E-state index >= 15 is 0 Å². The van der Waals surface area contributed by atoms with E-state index in [9.17, 15) is 4.79 Å². The first-order chi connectivity index (χ1) is 22.8. The van der Waals surface area contributed by atoms with E-state index in [4.69, 9.17) is 56.8 Å². The molecule has 0 N–H and O–H groups in total. The van der Waals surface area contributed by atoms with Gasteiger partial charge in [0.1, 0.15) is 6.61 Å². The zero-order chi connectivity index (χ0) is 33.3. The van der Waals surface area contributed by atoms with Gasteiger partial charge < -0.3 is 61.6 Å². The Morgan fingerprint density at radius 2 is 0.565 bits per heavy atom. The number of methoxy groups -OCH3 is 1. The van der Waals surface area contributed by atoms with Gasteiger partial charge in [0.05, 0.1) is 152 Å². The third-order valence-corrected chi connectivity index (χ3v) is 5.93. The van der Waals surface area contributed by atoms with Gasteiger partial charge in [0.15, 0.2) is 0 Å². The molecule has 0 heterocycles. The van der Waals surface area contributed by atoms with Crippen molar-refractivity contribution in [2.45, 2.75) is 39.0 Å². The first-order valence-corrected chi connectivity index (χ1v) is 16.8. The maximum Gasteiger partial charge on any atom is 0.331 e. The molecule has 0 aromatic rings. The summed E-state index contributed by atoms with van der Waals surface area (Å²) in [4.78, 5) is 10.9. The Morgan fingerprint density at radius 3 is 0.826 bits per heavy atom. The van der Waals surface area contributed by atoms with Gasteiger partial charge in [-0.25, -0.2) is 4.79 Å². The largest absolute Gasteiger partial charge is 0.467 e. The summed E-state index contributed by atoms with van der Waals surface area (Å²) < 4.78 is 69.6. The van der Waals surface area contributed by atoms with E-state index in [2.05, 4.69) is 11.7 Å². The number of carbonyl (C=O) groups excluding carboxylic acids is 1. The van der Waals surface area contributed by atoms with Gasteiger partial charge in [0.2, 0.25) is 0 Å². The van der Waals surface area contributed by atoms with Crippen LogP contribution in [0.5, 0.6) is 0 Å². The van der Waals surface area contributed by atoms with Crippen molar-refractivity contribution in [3.8, 4) is 0 Å². The molecule has 46 heavy (non-hydrogen) atoms.